The van der Waals surface area contributed by atoms with Crippen molar-refractivity contribution < 1.29 is 24.3 Å². The third kappa shape index (κ3) is 4.85. The fourth-order valence-electron chi connectivity index (χ4n) is 1.21. The van der Waals surface area contributed by atoms with E-state index < -0.39 is 19.6 Å². The number of aliphatic carboxylic acids is 1. The highest BCUT2D eigenvalue weighted by atomic mass is 35.5. The minimum atomic E-state index is -4.30. The Labute approximate surface area is 104 Å². The van der Waals surface area contributed by atoms with Gasteiger partial charge in [-0.3, -0.25) is 9.36 Å². The number of nitrogens with two attached hydrogens (primary N) is 1. The Morgan fingerprint density at radius 1 is 1.41 bits per heavy atom. The average Bonchev–Trinajstić information content (AvgIpc) is 2.16. The molecule has 17 heavy (non-hydrogen) atoms. The van der Waals surface area contributed by atoms with Crippen LogP contribution in [0.5, 0.6) is 0 Å². The van der Waals surface area contributed by atoms with E-state index in [2.05, 4.69) is 0 Å². The molecule has 0 unspecified atom stereocenters. The summed E-state index contributed by atoms with van der Waals surface area (Å²) in [5.74, 6) is -1.15. The molecule has 0 saturated heterocycles. The van der Waals surface area contributed by atoms with Gasteiger partial charge in [-0.25, -0.2) is 0 Å². The minimum Gasteiger partial charge on any atom is -0.480 e. The quantitative estimate of drug-likeness (QED) is 0.570. The van der Waals surface area contributed by atoms with Gasteiger partial charge in [-0.05, 0) is 24.1 Å². The van der Waals surface area contributed by atoms with E-state index in [9.17, 15) is 9.36 Å². The van der Waals surface area contributed by atoms with Gasteiger partial charge in [-0.15, -0.1) is 12.4 Å². The molecule has 0 aliphatic heterocycles. The van der Waals surface area contributed by atoms with Gasteiger partial charge in [0.2, 0.25) is 0 Å². The van der Waals surface area contributed by atoms with Crippen molar-refractivity contribution in [2.75, 3.05) is 0 Å². The van der Waals surface area contributed by atoms with Gasteiger partial charge in [0.05, 0.1) is 5.30 Å². The summed E-state index contributed by atoms with van der Waals surface area (Å²) in [6.45, 7) is 0. The molecule has 8 heteroatoms. The fourth-order valence-corrected chi connectivity index (χ4v) is 1.82. The normalized spacial score (nSPS) is 12.6. The highest BCUT2D eigenvalue weighted by molar-refractivity contribution is 7.60. The summed E-state index contributed by atoms with van der Waals surface area (Å²) in [5, 5.41) is 8.46. The van der Waals surface area contributed by atoms with Crippen molar-refractivity contribution in [2.45, 2.75) is 12.5 Å². The van der Waals surface area contributed by atoms with Crippen molar-refractivity contribution >= 4 is 31.3 Å². The first-order chi connectivity index (χ1) is 7.30. The summed E-state index contributed by atoms with van der Waals surface area (Å²) in [7, 11) is -4.30. The summed E-state index contributed by atoms with van der Waals surface area (Å²) in [5.41, 5.74) is 5.80. The van der Waals surface area contributed by atoms with Crippen LogP contribution in [0.2, 0.25) is 0 Å². The Hall–Kier alpha value is -0.910. The molecule has 0 spiro atoms. The molecule has 5 N–H and O–H groups in total. The largest absolute Gasteiger partial charge is 0.480 e. The number of hydrogen-bond donors (Lipinski definition) is 4. The molecule has 0 radical (unpaired) electrons. The minimum absolute atomic E-state index is 0. The molecule has 6 nitrogen and oxygen atoms in total. The molecule has 1 atom stereocenters. The monoisotopic (exact) mass is 281 g/mol. The molecule has 0 heterocycles. The van der Waals surface area contributed by atoms with Crippen molar-refractivity contribution in [2.24, 2.45) is 5.73 Å². The van der Waals surface area contributed by atoms with E-state index in [-0.39, 0.29) is 24.1 Å². The Bertz CT molecular complexity index is 447. The Morgan fingerprint density at radius 2 is 2.00 bits per heavy atom. The number of carboxylic acids is 1. The van der Waals surface area contributed by atoms with Crippen LogP contribution in [0.4, 0.5) is 0 Å². The number of hydrogen-bond acceptors (Lipinski definition) is 3. The van der Waals surface area contributed by atoms with Crippen molar-refractivity contribution in [3.63, 3.8) is 0 Å². The molecule has 1 rings (SSSR count). The Kier molecular flexibility index (Phi) is 5.81. The molecule has 0 aliphatic rings. The predicted molar refractivity (Wildman–Crippen MR) is 64.7 cm³/mol. The Balaban J connectivity index is 0.00000256. The van der Waals surface area contributed by atoms with Gasteiger partial charge >= 0.3 is 13.6 Å². The van der Waals surface area contributed by atoms with Crippen molar-refractivity contribution in [3.05, 3.63) is 29.8 Å². The van der Waals surface area contributed by atoms with Crippen molar-refractivity contribution in [1.29, 1.82) is 0 Å². The molecule has 1 aromatic rings. The second kappa shape index (κ2) is 6.14. The van der Waals surface area contributed by atoms with Gasteiger partial charge in [0.15, 0.2) is 0 Å². The highest BCUT2D eigenvalue weighted by Gasteiger charge is 2.18. The van der Waals surface area contributed by atoms with Crippen LogP contribution in [0.25, 0.3) is 0 Å². The third-order valence-corrected chi connectivity index (χ3v) is 2.97. The first-order valence-electron chi connectivity index (χ1n) is 4.44. The number of benzene rings is 1. The molecule has 0 bridgehead atoms. The molecular formula is C9H13ClNO5P. The zero-order chi connectivity index (χ0) is 12.3. The fraction of sp³-hybridized carbons (Fsp3) is 0.222. The predicted octanol–water partition coefficient (Wildman–Crippen LogP) is -0.134. The van der Waals surface area contributed by atoms with E-state index >= 15 is 0 Å². The standard InChI is InChI=1S/C9H12NO5P.ClH/c10-8(9(11)12)5-6-2-1-3-7(4-6)16(13,14)15;/h1-4,8H,5,10H2,(H,11,12)(H2,13,14,15);1H/t8-;/m0./s1. The molecule has 0 aromatic heterocycles. The first kappa shape index (κ1) is 16.1. The van der Waals surface area contributed by atoms with Crippen LogP contribution in [-0.2, 0) is 15.8 Å². The first-order valence-corrected chi connectivity index (χ1v) is 6.05. The summed E-state index contributed by atoms with van der Waals surface area (Å²) >= 11 is 0. The SMILES string of the molecule is Cl.N[C@@H](Cc1cccc(P(=O)(O)O)c1)C(=O)O. The van der Waals surface area contributed by atoms with Crippen LogP contribution in [0.1, 0.15) is 5.56 Å². The second-order valence-electron chi connectivity index (χ2n) is 3.36. The van der Waals surface area contributed by atoms with E-state index in [4.69, 9.17) is 20.6 Å². The lowest BCUT2D eigenvalue weighted by Gasteiger charge is -2.09. The van der Waals surface area contributed by atoms with Gasteiger partial charge in [0.25, 0.3) is 0 Å². The zero-order valence-electron chi connectivity index (χ0n) is 8.68. The van der Waals surface area contributed by atoms with E-state index in [0.29, 0.717) is 5.56 Å². The molecule has 0 fully saturated rings. The molecule has 0 saturated carbocycles. The van der Waals surface area contributed by atoms with Crippen LogP contribution < -0.4 is 11.0 Å². The van der Waals surface area contributed by atoms with Crippen LogP contribution in [0.15, 0.2) is 24.3 Å². The third-order valence-electron chi connectivity index (χ3n) is 2.02. The number of carboxylic acid groups (broad SMARTS) is 1. The zero-order valence-corrected chi connectivity index (χ0v) is 10.4. The van der Waals surface area contributed by atoms with Crippen LogP contribution in [-0.4, -0.2) is 26.9 Å². The molecule has 96 valence electrons. The Morgan fingerprint density at radius 3 is 2.47 bits per heavy atom. The van der Waals surface area contributed by atoms with E-state index in [1.807, 2.05) is 0 Å². The van der Waals surface area contributed by atoms with Gasteiger partial charge in [0, 0.05) is 0 Å². The lowest BCUT2D eigenvalue weighted by molar-refractivity contribution is -0.138. The molecule has 1 aromatic carbocycles. The smallest absolute Gasteiger partial charge is 0.356 e. The molecular weight excluding hydrogens is 269 g/mol. The second-order valence-corrected chi connectivity index (χ2v) is 4.97. The van der Waals surface area contributed by atoms with Gasteiger partial charge in [-0.1, -0.05) is 12.1 Å². The van der Waals surface area contributed by atoms with Gasteiger partial charge in [-0.2, -0.15) is 0 Å². The average molecular weight is 282 g/mol. The van der Waals surface area contributed by atoms with Crippen LogP contribution >= 0.6 is 20.0 Å². The maximum Gasteiger partial charge on any atom is 0.356 e. The van der Waals surface area contributed by atoms with E-state index in [1.54, 1.807) is 6.07 Å². The lowest BCUT2D eigenvalue weighted by atomic mass is 10.1. The van der Waals surface area contributed by atoms with Crippen molar-refractivity contribution in [3.8, 4) is 0 Å². The summed E-state index contributed by atoms with van der Waals surface area (Å²) in [4.78, 5) is 28.3. The molecule has 0 amide bonds. The van der Waals surface area contributed by atoms with Crippen LogP contribution in [0, 0.1) is 0 Å². The highest BCUT2D eigenvalue weighted by Crippen LogP contribution is 2.33. The maximum absolute atomic E-state index is 11.0. The number of halogens is 1. The van der Waals surface area contributed by atoms with Crippen LogP contribution in [0.3, 0.4) is 0 Å². The number of rotatable bonds is 4. The van der Waals surface area contributed by atoms with E-state index in [1.165, 1.54) is 18.2 Å². The molecule has 0 aliphatic carbocycles. The maximum atomic E-state index is 11.0. The summed E-state index contributed by atoms with van der Waals surface area (Å²) in [6.07, 6.45) is 0.0309. The van der Waals surface area contributed by atoms with E-state index in [0.717, 1.165) is 0 Å². The summed E-state index contributed by atoms with van der Waals surface area (Å²) < 4.78 is 11.0. The number of carbonyl (C=O) groups is 1. The van der Waals surface area contributed by atoms with Crippen molar-refractivity contribution in [1.82, 2.24) is 0 Å². The summed E-state index contributed by atoms with van der Waals surface area (Å²) in [6, 6.07) is 4.51. The van der Waals surface area contributed by atoms with Gasteiger partial charge in [0.1, 0.15) is 6.04 Å². The topological polar surface area (TPSA) is 121 Å². The lowest BCUT2D eigenvalue weighted by Crippen LogP contribution is -2.32. The van der Waals surface area contributed by atoms with Gasteiger partial charge < -0.3 is 20.6 Å².